The number of rotatable bonds is 2. The molecule has 98 valence electrons. The van der Waals surface area contributed by atoms with Crippen LogP contribution in [0.1, 0.15) is 20.3 Å². The van der Waals surface area contributed by atoms with Crippen LogP contribution in [-0.2, 0) is 14.6 Å². The average Bonchev–Trinajstić information content (AvgIpc) is 2.28. The van der Waals surface area contributed by atoms with Crippen LogP contribution in [0.25, 0.3) is 0 Å². The number of fused-ring (bicyclic) bond motifs is 1. The van der Waals surface area contributed by atoms with Crippen LogP contribution in [0.4, 0.5) is 5.69 Å². The fourth-order valence-corrected chi connectivity index (χ4v) is 3.53. The third-order valence-corrected chi connectivity index (χ3v) is 4.69. The van der Waals surface area contributed by atoms with E-state index < -0.39 is 9.84 Å². The van der Waals surface area contributed by atoms with Gasteiger partial charge in [-0.15, -0.1) is 0 Å². The van der Waals surface area contributed by atoms with E-state index in [0.717, 1.165) is 0 Å². The second kappa shape index (κ2) is 4.72. The molecular formula is C13H17NO3S. The first-order valence-corrected chi connectivity index (χ1v) is 7.69. The van der Waals surface area contributed by atoms with Crippen molar-refractivity contribution in [3.8, 4) is 0 Å². The first kappa shape index (κ1) is 13.1. The van der Waals surface area contributed by atoms with E-state index in [0.29, 0.717) is 12.1 Å². The Morgan fingerprint density at radius 2 is 2.00 bits per heavy atom. The Morgan fingerprint density at radius 1 is 1.33 bits per heavy atom. The van der Waals surface area contributed by atoms with Gasteiger partial charge in [0.25, 0.3) is 0 Å². The summed E-state index contributed by atoms with van der Waals surface area (Å²) < 4.78 is 23.9. The molecule has 0 aromatic heterocycles. The number of hydrogen-bond acceptors (Lipinski definition) is 3. The van der Waals surface area contributed by atoms with Crippen molar-refractivity contribution in [3.63, 3.8) is 0 Å². The van der Waals surface area contributed by atoms with Crippen LogP contribution < -0.4 is 4.90 Å². The minimum Gasteiger partial charge on any atom is -0.310 e. The molecule has 0 bridgehead atoms. The van der Waals surface area contributed by atoms with Gasteiger partial charge in [-0.25, -0.2) is 8.42 Å². The summed E-state index contributed by atoms with van der Waals surface area (Å²) >= 11 is 0. The molecule has 1 aliphatic heterocycles. The fraction of sp³-hybridized carbons (Fsp3) is 0.462. The van der Waals surface area contributed by atoms with Crippen LogP contribution in [0.2, 0.25) is 0 Å². The summed E-state index contributed by atoms with van der Waals surface area (Å²) in [5.74, 6) is 0.268. The molecule has 0 unspecified atom stereocenters. The molecule has 0 fully saturated rings. The van der Waals surface area contributed by atoms with Crippen LogP contribution in [0, 0.1) is 5.92 Å². The highest BCUT2D eigenvalue weighted by Crippen LogP contribution is 2.30. The summed E-state index contributed by atoms with van der Waals surface area (Å²) in [6, 6.07) is 6.71. The van der Waals surface area contributed by atoms with Crippen LogP contribution in [0.5, 0.6) is 0 Å². The molecule has 18 heavy (non-hydrogen) atoms. The number of benzene rings is 1. The number of sulfone groups is 1. The summed E-state index contributed by atoms with van der Waals surface area (Å²) in [5.41, 5.74) is 0.523. The van der Waals surface area contributed by atoms with Crippen LogP contribution in [-0.4, -0.2) is 26.6 Å². The molecule has 0 N–H and O–H groups in total. The molecule has 0 atom stereocenters. The van der Waals surface area contributed by atoms with E-state index in [1.165, 1.54) is 0 Å². The van der Waals surface area contributed by atoms with E-state index in [1.54, 1.807) is 29.2 Å². The zero-order valence-electron chi connectivity index (χ0n) is 10.6. The van der Waals surface area contributed by atoms with Crippen molar-refractivity contribution < 1.29 is 13.2 Å². The van der Waals surface area contributed by atoms with Gasteiger partial charge in [0, 0.05) is 13.0 Å². The maximum absolute atomic E-state index is 12.1. The topological polar surface area (TPSA) is 54.5 Å². The first-order chi connectivity index (χ1) is 8.42. The van der Waals surface area contributed by atoms with E-state index in [2.05, 4.69) is 0 Å². The lowest BCUT2D eigenvalue weighted by Crippen LogP contribution is -2.40. The Kier molecular flexibility index (Phi) is 3.43. The molecule has 0 spiro atoms. The highest BCUT2D eigenvalue weighted by molar-refractivity contribution is 7.91. The average molecular weight is 267 g/mol. The molecule has 0 aliphatic carbocycles. The molecule has 5 heteroatoms. The molecular weight excluding hydrogens is 250 g/mol. The van der Waals surface area contributed by atoms with Gasteiger partial charge in [-0.2, -0.15) is 0 Å². The molecule has 1 aromatic rings. The number of carbonyl (C=O) groups excluding carboxylic acids is 1. The van der Waals surface area contributed by atoms with E-state index in [1.807, 2.05) is 13.8 Å². The Balaban J connectivity index is 2.40. The van der Waals surface area contributed by atoms with Gasteiger partial charge in [0.2, 0.25) is 5.91 Å². The molecule has 2 rings (SSSR count). The predicted molar refractivity (Wildman–Crippen MR) is 70.3 cm³/mol. The Bertz CT molecular complexity index is 563. The van der Waals surface area contributed by atoms with E-state index in [-0.39, 0.29) is 29.0 Å². The van der Waals surface area contributed by atoms with Gasteiger partial charge in [0.15, 0.2) is 9.84 Å². The maximum Gasteiger partial charge on any atom is 0.227 e. The highest BCUT2D eigenvalue weighted by atomic mass is 32.2. The zero-order valence-corrected chi connectivity index (χ0v) is 11.4. The van der Waals surface area contributed by atoms with E-state index >= 15 is 0 Å². The monoisotopic (exact) mass is 267 g/mol. The third kappa shape index (κ3) is 2.41. The summed E-state index contributed by atoms with van der Waals surface area (Å²) in [4.78, 5) is 14.0. The molecule has 1 aromatic carbocycles. The van der Waals surface area contributed by atoms with Crippen molar-refractivity contribution in [2.45, 2.75) is 25.2 Å². The lowest BCUT2D eigenvalue weighted by atomic mass is 10.1. The van der Waals surface area contributed by atoms with Gasteiger partial charge in [-0.05, 0) is 18.1 Å². The quantitative estimate of drug-likeness (QED) is 0.821. The summed E-state index contributed by atoms with van der Waals surface area (Å²) in [6.45, 7) is 4.21. The summed E-state index contributed by atoms with van der Waals surface area (Å²) in [5, 5.41) is 0. The number of carbonyl (C=O) groups is 1. The van der Waals surface area contributed by atoms with Crippen molar-refractivity contribution in [1.82, 2.24) is 0 Å². The predicted octanol–water partition coefficient (Wildman–Crippen LogP) is 1.85. The second-order valence-corrected chi connectivity index (χ2v) is 7.01. The van der Waals surface area contributed by atoms with Crippen molar-refractivity contribution in [3.05, 3.63) is 24.3 Å². The molecule has 4 nitrogen and oxygen atoms in total. The van der Waals surface area contributed by atoms with Gasteiger partial charge in [-0.3, -0.25) is 4.79 Å². The largest absolute Gasteiger partial charge is 0.310 e. The van der Waals surface area contributed by atoms with Crippen LogP contribution >= 0.6 is 0 Å². The smallest absolute Gasteiger partial charge is 0.227 e. The standard InChI is InChI=1S/C13H17NO3S/c1-10(2)9-13(15)14-7-8-18(16,17)12-6-4-3-5-11(12)14/h3-6,10H,7-9H2,1-2H3. The van der Waals surface area contributed by atoms with Crippen molar-refractivity contribution in [2.24, 2.45) is 5.92 Å². The van der Waals surface area contributed by atoms with E-state index in [9.17, 15) is 13.2 Å². The Hall–Kier alpha value is -1.36. The zero-order chi connectivity index (χ0) is 13.3. The minimum atomic E-state index is -3.23. The number of nitrogens with zero attached hydrogens (tertiary/aromatic N) is 1. The molecule has 0 saturated heterocycles. The number of para-hydroxylation sites is 1. The second-order valence-electron chi connectivity index (χ2n) is 4.93. The summed E-state index contributed by atoms with van der Waals surface area (Å²) in [6.07, 6.45) is 0.439. The molecule has 0 radical (unpaired) electrons. The Labute approximate surface area is 108 Å². The van der Waals surface area contributed by atoms with Crippen LogP contribution in [0.3, 0.4) is 0 Å². The normalized spacial score (nSPS) is 17.6. The van der Waals surface area contributed by atoms with Crippen molar-refractivity contribution in [1.29, 1.82) is 0 Å². The molecule has 1 aliphatic rings. The van der Waals surface area contributed by atoms with Gasteiger partial charge in [0.05, 0.1) is 16.3 Å². The minimum absolute atomic E-state index is 0.00708. The molecule has 1 amide bonds. The number of hydrogen-bond donors (Lipinski definition) is 0. The van der Waals surface area contributed by atoms with E-state index in [4.69, 9.17) is 0 Å². The van der Waals surface area contributed by atoms with Crippen LogP contribution in [0.15, 0.2) is 29.2 Å². The fourth-order valence-electron chi connectivity index (χ4n) is 2.10. The molecule has 0 saturated carbocycles. The van der Waals surface area contributed by atoms with Gasteiger partial charge in [-0.1, -0.05) is 26.0 Å². The van der Waals surface area contributed by atoms with Crippen molar-refractivity contribution >= 4 is 21.4 Å². The Morgan fingerprint density at radius 3 is 2.67 bits per heavy atom. The highest BCUT2D eigenvalue weighted by Gasteiger charge is 2.31. The lowest BCUT2D eigenvalue weighted by molar-refractivity contribution is -0.119. The SMILES string of the molecule is CC(C)CC(=O)N1CCS(=O)(=O)c2ccccc21. The number of amides is 1. The lowest BCUT2D eigenvalue weighted by Gasteiger charge is -2.29. The first-order valence-electron chi connectivity index (χ1n) is 6.04. The number of anilines is 1. The van der Waals surface area contributed by atoms with Gasteiger partial charge < -0.3 is 4.90 Å². The van der Waals surface area contributed by atoms with Gasteiger partial charge >= 0.3 is 0 Å². The third-order valence-electron chi connectivity index (χ3n) is 2.96. The van der Waals surface area contributed by atoms with Crippen molar-refractivity contribution in [2.75, 3.05) is 17.2 Å². The molecule has 1 heterocycles. The summed E-state index contributed by atoms with van der Waals surface area (Å²) in [7, 11) is -3.23. The van der Waals surface area contributed by atoms with Gasteiger partial charge in [0.1, 0.15) is 0 Å². The maximum atomic E-state index is 12.1.